The van der Waals surface area contributed by atoms with Gasteiger partial charge in [0.05, 0.1) is 4.92 Å². The van der Waals surface area contributed by atoms with Crippen LogP contribution in [0.5, 0.6) is 5.75 Å². The molecular formula is C14H19N3O4. The summed E-state index contributed by atoms with van der Waals surface area (Å²) < 4.78 is 5.81. The van der Waals surface area contributed by atoms with Gasteiger partial charge in [-0.3, -0.25) is 14.9 Å². The minimum absolute atomic E-state index is 0.125. The zero-order valence-electron chi connectivity index (χ0n) is 12.1. The minimum atomic E-state index is -0.496. The first kappa shape index (κ1) is 15.2. The minimum Gasteiger partial charge on any atom is -0.482 e. The molecule has 1 aliphatic heterocycles. The van der Waals surface area contributed by atoms with E-state index < -0.39 is 4.92 Å². The number of nitrogens with zero attached hydrogens (tertiary/aromatic N) is 1. The summed E-state index contributed by atoms with van der Waals surface area (Å²) in [4.78, 5) is 22.3. The van der Waals surface area contributed by atoms with Gasteiger partial charge in [-0.1, -0.05) is 6.92 Å². The number of nitro groups is 1. The Bertz CT molecular complexity index is 547. The standard InChI is InChI=1S/C14H19N3O4/c1-9-5-6-16-8-13(9)21-12-7-10(14(18)15-2)3-4-11(12)17(19)20/h3-4,7,9,13,16H,5-6,8H2,1-2H3,(H,15,18). The van der Waals surface area contributed by atoms with Crippen molar-refractivity contribution in [1.29, 1.82) is 0 Å². The van der Waals surface area contributed by atoms with E-state index in [9.17, 15) is 14.9 Å². The number of ether oxygens (including phenoxy) is 1. The second kappa shape index (κ2) is 6.53. The van der Waals surface area contributed by atoms with Gasteiger partial charge in [-0.05, 0) is 24.9 Å². The third-order valence-corrected chi connectivity index (χ3v) is 3.68. The highest BCUT2D eigenvalue weighted by molar-refractivity contribution is 5.94. The number of nitrogens with one attached hydrogen (secondary N) is 2. The third-order valence-electron chi connectivity index (χ3n) is 3.68. The Hall–Kier alpha value is -2.15. The molecule has 0 spiro atoms. The van der Waals surface area contributed by atoms with E-state index in [1.165, 1.54) is 25.2 Å². The average Bonchev–Trinajstić information content (AvgIpc) is 2.48. The van der Waals surface area contributed by atoms with Crippen LogP contribution >= 0.6 is 0 Å². The van der Waals surface area contributed by atoms with Gasteiger partial charge in [0.15, 0.2) is 5.75 Å². The van der Waals surface area contributed by atoms with Gasteiger partial charge in [0.25, 0.3) is 5.91 Å². The van der Waals surface area contributed by atoms with E-state index in [1.807, 2.05) is 0 Å². The molecule has 7 heteroatoms. The predicted molar refractivity (Wildman–Crippen MR) is 77.6 cm³/mol. The van der Waals surface area contributed by atoms with Gasteiger partial charge < -0.3 is 15.4 Å². The van der Waals surface area contributed by atoms with Gasteiger partial charge in [0.1, 0.15) is 6.10 Å². The van der Waals surface area contributed by atoms with Gasteiger partial charge in [0, 0.05) is 31.3 Å². The SMILES string of the molecule is CNC(=O)c1ccc([N+](=O)[O-])c(OC2CNCCC2C)c1. The summed E-state index contributed by atoms with van der Waals surface area (Å²) in [6, 6.07) is 4.16. The van der Waals surface area contributed by atoms with Crippen molar-refractivity contribution in [2.24, 2.45) is 5.92 Å². The fraction of sp³-hybridized carbons (Fsp3) is 0.500. The number of piperidine rings is 1. The lowest BCUT2D eigenvalue weighted by molar-refractivity contribution is -0.386. The number of carbonyl (C=O) groups excluding carboxylic acids is 1. The summed E-state index contributed by atoms with van der Waals surface area (Å²) in [6.45, 7) is 3.61. The predicted octanol–water partition coefficient (Wildman–Crippen LogP) is 1.33. The van der Waals surface area contributed by atoms with Gasteiger partial charge in [0.2, 0.25) is 0 Å². The Balaban J connectivity index is 2.29. The van der Waals surface area contributed by atoms with E-state index in [-0.39, 0.29) is 23.4 Å². The van der Waals surface area contributed by atoms with Crippen LogP contribution in [-0.2, 0) is 0 Å². The lowest BCUT2D eigenvalue weighted by Gasteiger charge is -2.29. The van der Waals surface area contributed by atoms with Crippen molar-refractivity contribution in [3.8, 4) is 5.75 Å². The molecule has 21 heavy (non-hydrogen) atoms. The number of amides is 1. The molecule has 1 aromatic carbocycles. The molecule has 0 radical (unpaired) electrons. The second-order valence-corrected chi connectivity index (χ2v) is 5.15. The molecule has 1 saturated heterocycles. The fourth-order valence-corrected chi connectivity index (χ4v) is 2.33. The molecule has 0 bridgehead atoms. The van der Waals surface area contributed by atoms with E-state index in [1.54, 1.807) is 0 Å². The number of hydrogen-bond donors (Lipinski definition) is 2. The third kappa shape index (κ3) is 3.49. The van der Waals surface area contributed by atoms with Crippen LogP contribution in [0.25, 0.3) is 0 Å². The smallest absolute Gasteiger partial charge is 0.310 e. The van der Waals surface area contributed by atoms with Gasteiger partial charge in [-0.15, -0.1) is 0 Å². The van der Waals surface area contributed by atoms with Crippen LogP contribution in [0.3, 0.4) is 0 Å². The van der Waals surface area contributed by atoms with E-state index in [4.69, 9.17) is 4.74 Å². The van der Waals surface area contributed by atoms with Crippen LogP contribution < -0.4 is 15.4 Å². The molecule has 7 nitrogen and oxygen atoms in total. The molecule has 2 unspecified atom stereocenters. The Morgan fingerprint density at radius 1 is 1.52 bits per heavy atom. The summed E-state index contributed by atoms with van der Waals surface area (Å²) in [7, 11) is 1.51. The summed E-state index contributed by atoms with van der Waals surface area (Å²) in [5.41, 5.74) is 0.218. The molecule has 2 rings (SSSR count). The maximum atomic E-state index is 11.7. The van der Waals surface area contributed by atoms with Crippen LogP contribution in [-0.4, -0.2) is 37.1 Å². The molecular weight excluding hydrogens is 274 g/mol. The summed E-state index contributed by atoms with van der Waals surface area (Å²) in [5.74, 6) is 0.140. The molecule has 0 saturated carbocycles. The van der Waals surface area contributed by atoms with Crippen LogP contribution in [0.2, 0.25) is 0 Å². The van der Waals surface area contributed by atoms with Crippen LogP contribution in [0, 0.1) is 16.0 Å². The molecule has 0 aromatic heterocycles. The van der Waals surface area contributed by atoms with Gasteiger partial charge in [-0.2, -0.15) is 0 Å². The Kier molecular flexibility index (Phi) is 4.74. The highest BCUT2D eigenvalue weighted by Crippen LogP contribution is 2.30. The zero-order chi connectivity index (χ0) is 15.4. The topological polar surface area (TPSA) is 93.5 Å². The van der Waals surface area contributed by atoms with Crippen LogP contribution in [0.4, 0.5) is 5.69 Å². The number of nitro benzene ring substituents is 1. The van der Waals surface area contributed by atoms with Crippen molar-refractivity contribution in [3.63, 3.8) is 0 Å². The van der Waals surface area contributed by atoms with Crippen molar-refractivity contribution in [2.75, 3.05) is 20.1 Å². The normalized spacial score (nSPS) is 21.6. The first-order valence-corrected chi connectivity index (χ1v) is 6.91. The van der Waals surface area contributed by atoms with Crippen molar-refractivity contribution in [1.82, 2.24) is 10.6 Å². The maximum absolute atomic E-state index is 11.7. The first-order chi connectivity index (χ1) is 10.0. The van der Waals surface area contributed by atoms with E-state index in [0.29, 0.717) is 18.0 Å². The molecule has 0 aliphatic carbocycles. The molecule has 1 amide bonds. The van der Waals surface area contributed by atoms with Crippen molar-refractivity contribution in [3.05, 3.63) is 33.9 Å². The molecule has 1 aliphatic rings. The van der Waals surface area contributed by atoms with Crippen molar-refractivity contribution < 1.29 is 14.5 Å². The highest BCUT2D eigenvalue weighted by atomic mass is 16.6. The maximum Gasteiger partial charge on any atom is 0.310 e. The number of benzene rings is 1. The van der Waals surface area contributed by atoms with Crippen molar-refractivity contribution in [2.45, 2.75) is 19.4 Å². The number of hydrogen-bond acceptors (Lipinski definition) is 5. The average molecular weight is 293 g/mol. The molecule has 2 atom stereocenters. The number of carbonyl (C=O) groups is 1. The fourth-order valence-electron chi connectivity index (χ4n) is 2.33. The zero-order valence-corrected chi connectivity index (χ0v) is 12.1. The van der Waals surface area contributed by atoms with Crippen LogP contribution in [0.15, 0.2) is 18.2 Å². The molecule has 1 heterocycles. The van der Waals surface area contributed by atoms with E-state index in [2.05, 4.69) is 17.6 Å². The monoisotopic (exact) mass is 293 g/mol. The van der Waals surface area contributed by atoms with E-state index >= 15 is 0 Å². The van der Waals surface area contributed by atoms with Crippen LogP contribution in [0.1, 0.15) is 23.7 Å². The Morgan fingerprint density at radius 2 is 2.29 bits per heavy atom. The van der Waals surface area contributed by atoms with Gasteiger partial charge >= 0.3 is 5.69 Å². The Morgan fingerprint density at radius 3 is 2.90 bits per heavy atom. The molecule has 1 fully saturated rings. The van der Waals surface area contributed by atoms with Crippen molar-refractivity contribution >= 4 is 11.6 Å². The van der Waals surface area contributed by atoms with Gasteiger partial charge in [-0.25, -0.2) is 0 Å². The molecule has 1 aromatic rings. The molecule has 114 valence electrons. The Labute approximate surface area is 122 Å². The summed E-state index contributed by atoms with van der Waals surface area (Å²) >= 11 is 0. The summed E-state index contributed by atoms with van der Waals surface area (Å²) in [6.07, 6.45) is 0.811. The molecule has 2 N–H and O–H groups in total. The summed E-state index contributed by atoms with van der Waals surface area (Å²) in [5, 5.41) is 16.8. The quantitative estimate of drug-likeness (QED) is 0.645. The lowest BCUT2D eigenvalue weighted by Crippen LogP contribution is -2.42. The van der Waals surface area contributed by atoms with E-state index in [0.717, 1.165) is 13.0 Å². The highest BCUT2D eigenvalue weighted by Gasteiger charge is 2.26. The second-order valence-electron chi connectivity index (χ2n) is 5.15. The lowest BCUT2D eigenvalue weighted by atomic mass is 9.97. The number of rotatable bonds is 4. The largest absolute Gasteiger partial charge is 0.482 e. The first-order valence-electron chi connectivity index (χ1n) is 6.91.